The minimum absolute atomic E-state index is 0.0493. The maximum absolute atomic E-state index is 13.1. The summed E-state index contributed by atoms with van der Waals surface area (Å²) in [6, 6.07) is 10.00. The largest absolute Gasteiger partial charge is 0.387 e. The Morgan fingerprint density at radius 1 is 1.24 bits per heavy atom. The van der Waals surface area contributed by atoms with E-state index in [2.05, 4.69) is 10.6 Å². The van der Waals surface area contributed by atoms with Crippen LogP contribution in [0.25, 0.3) is 0 Å². The van der Waals surface area contributed by atoms with Gasteiger partial charge in [0.25, 0.3) is 5.91 Å². The fourth-order valence-corrected chi connectivity index (χ4v) is 2.19. The third kappa shape index (κ3) is 3.73. The Labute approximate surface area is 128 Å². The van der Waals surface area contributed by atoms with E-state index in [1.54, 1.807) is 13.1 Å². The zero-order chi connectivity index (χ0) is 15.4. The van der Waals surface area contributed by atoms with Crippen molar-refractivity contribution in [3.63, 3.8) is 0 Å². The van der Waals surface area contributed by atoms with Crippen LogP contribution in [0.1, 0.15) is 21.5 Å². The highest BCUT2D eigenvalue weighted by molar-refractivity contribution is 6.30. The van der Waals surface area contributed by atoms with Crippen LogP contribution in [0.15, 0.2) is 36.4 Å². The van der Waals surface area contributed by atoms with Crippen LogP contribution in [0.5, 0.6) is 0 Å². The Bertz CT molecular complexity index is 673. The monoisotopic (exact) mass is 306 g/mol. The molecule has 1 amide bonds. The smallest absolute Gasteiger partial charge is 0.253 e. The quantitative estimate of drug-likeness (QED) is 0.903. The van der Waals surface area contributed by atoms with Crippen molar-refractivity contribution in [1.29, 1.82) is 0 Å². The number of halogens is 2. The van der Waals surface area contributed by atoms with Crippen molar-refractivity contribution in [2.45, 2.75) is 13.5 Å². The lowest BCUT2D eigenvalue weighted by molar-refractivity contribution is 0.0951. The van der Waals surface area contributed by atoms with Crippen molar-refractivity contribution >= 4 is 23.2 Å². The van der Waals surface area contributed by atoms with Crippen LogP contribution in [0.4, 0.5) is 10.1 Å². The molecule has 2 rings (SSSR count). The van der Waals surface area contributed by atoms with Crippen LogP contribution in [-0.4, -0.2) is 13.0 Å². The van der Waals surface area contributed by atoms with Gasteiger partial charge in [-0.3, -0.25) is 4.79 Å². The summed E-state index contributed by atoms with van der Waals surface area (Å²) in [5, 5.41) is 5.84. The molecule has 0 saturated heterocycles. The van der Waals surface area contributed by atoms with Gasteiger partial charge < -0.3 is 10.6 Å². The molecule has 0 unspecified atom stereocenters. The average molecular weight is 307 g/mol. The molecule has 2 aromatic carbocycles. The molecule has 2 N–H and O–H groups in total. The van der Waals surface area contributed by atoms with Crippen molar-refractivity contribution in [2.24, 2.45) is 0 Å². The zero-order valence-corrected chi connectivity index (χ0v) is 12.6. The lowest BCUT2D eigenvalue weighted by atomic mass is 10.1. The average Bonchev–Trinajstić information content (AvgIpc) is 2.48. The van der Waals surface area contributed by atoms with Gasteiger partial charge in [0.1, 0.15) is 5.82 Å². The molecule has 3 nitrogen and oxygen atoms in total. The summed E-state index contributed by atoms with van der Waals surface area (Å²) < 4.78 is 13.1. The predicted octanol–water partition coefficient (Wildman–Crippen LogP) is 3.76. The molecule has 2 aromatic rings. The van der Waals surface area contributed by atoms with Gasteiger partial charge in [-0.1, -0.05) is 29.3 Å². The number of hydrogen-bond donors (Lipinski definition) is 2. The summed E-state index contributed by atoms with van der Waals surface area (Å²) in [6.45, 7) is 2.21. The summed E-state index contributed by atoms with van der Waals surface area (Å²) in [5.41, 5.74) is 3.08. The summed E-state index contributed by atoms with van der Waals surface area (Å²) in [5.74, 6) is -0.661. The fraction of sp³-hybridized carbons (Fsp3) is 0.188. The summed E-state index contributed by atoms with van der Waals surface area (Å²) in [6.07, 6.45) is 0. The van der Waals surface area contributed by atoms with E-state index in [1.807, 2.05) is 25.1 Å². The van der Waals surface area contributed by atoms with E-state index in [1.165, 1.54) is 12.1 Å². The van der Waals surface area contributed by atoms with Crippen LogP contribution in [0.3, 0.4) is 0 Å². The number of amides is 1. The van der Waals surface area contributed by atoms with Crippen molar-refractivity contribution in [3.8, 4) is 0 Å². The molecular formula is C16H16ClFN2O. The Morgan fingerprint density at radius 2 is 2.00 bits per heavy atom. The van der Waals surface area contributed by atoms with Crippen LogP contribution in [0, 0.1) is 12.7 Å². The highest BCUT2D eigenvalue weighted by Crippen LogP contribution is 2.18. The Balaban J connectivity index is 2.11. The highest BCUT2D eigenvalue weighted by atomic mass is 35.5. The van der Waals surface area contributed by atoms with Crippen molar-refractivity contribution < 1.29 is 9.18 Å². The lowest BCUT2D eigenvalue weighted by Gasteiger charge is -2.11. The molecule has 0 saturated carbocycles. The van der Waals surface area contributed by atoms with Crippen molar-refractivity contribution in [3.05, 3.63) is 63.9 Å². The molecule has 0 aliphatic carbocycles. The first kappa shape index (κ1) is 15.3. The number of nitrogens with one attached hydrogen (secondary N) is 2. The van der Waals surface area contributed by atoms with E-state index >= 15 is 0 Å². The van der Waals surface area contributed by atoms with E-state index < -0.39 is 5.82 Å². The SMILES string of the molecule is CNc1ccc(C)cc1C(=O)NCc1ccc(F)c(Cl)c1. The molecule has 0 aromatic heterocycles. The van der Waals surface area contributed by atoms with E-state index in [9.17, 15) is 9.18 Å². The first-order chi connectivity index (χ1) is 10.0. The summed E-state index contributed by atoms with van der Waals surface area (Å²) >= 11 is 5.72. The molecule has 0 heterocycles. The van der Waals surface area contributed by atoms with E-state index in [0.29, 0.717) is 5.56 Å². The van der Waals surface area contributed by atoms with Crippen molar-refractivity contribution in [1.82, 2.24) is 5.32 Å². The normalized spacial score (nSPS) is 10.3. The third-order valence-electron chi connectivity index (χ3n) is 3.13. The fourth-order valence-electron chi connectivity index (χ4n) is 1.99. The second-order valence-electron chi connectivity index (χ2n) is 4.73. The molecule has 0 spiro atoms. The number of anilines is 1. The molecule has 5 heteroatoms. The Morgan fingerprint density at radius 3 is 2.67 bits per heavy atom. The molecule has 110 valence electrons. The van der Waals surface area contributed by atoms with Gasteiger partial charge in [0, 0.05) is 19.3 Å². The highest BCUT2D eigenvalue weighted by Gasteiger charge is 2.11. The topological polar surface area (TPSA) is 41.1 Å². The number of benzene rings is 2. The molecule has 21 heavy (non-hydrogen) atoms. The molecule has 0 aliphatic heterocycles. The van der Waals surface area contributed by atoms with E-state index in [0.717, 1.165) is 16.8 Å². The molecule has 0 aliphatic rings. The first-order valence-electron chi connectivity index (χ1n) is 6.52. The van der Waals surface area contributed by atoms with Gasteiger partial charge in [0.2, 0.25) is 0 Å². The Kier molecular flexibility index (Phi) is 4.81. The zero-order valence-electron chi connectivity index (χ0n) is 11.8. The van der Waals surface area contributed by atoms with Crippen molar-refractivity contribution in [2.75, 3.05) is 12.4 Å². The maximum atomic E-state index is 13.1. The van der Waals surface area contributed by atoms with Crippen LogP contribution in [0.2, 0.25) is 5.02 Å². The van der Waals surface area contributed by atoms with Gasteiger partial charge in [0.05, 0.1) is 10.6 Å². The number of hydrogen-bond acceptors (Lipinski definition) is 2. The van der Waals surface area contributed by atoms with Gasteiger partial charge in [-0.2, -0.15) is 0 Å². The van der Waals surface area contributed by atoms with Gasteiger partial charge in [-0.25, -0.2) is 4.39 Å². The minimum Gasteiger partial charge on any atom is -0.387 e. The van der Waals surface area contributed by atoms with Gasteiger partial charge >= 0.3 is 0 Å². The molecular weight excluding hydrogens is 291 g/mol. The summed E-state index contributed by atoms with van der Waals surface area (Å²) in [7, 11) is 1.77. The number of aryl methyl sites for hydroxylation is 1. The van der Waals surface area contributed by atoms with Gasteiger partial charge in [0.15, 0.2) is 0 Å². The number of carbonyl (C=O) groups is 1. The van der Waals surface area contributed by atoms with Gasteiger partial charge in [-0.15, -0.1) is 0 Å². The van der Waals surface area contributed by atoms with Gasteiger partial charge in [-0.05, 0) is 36.8 Å². The second-order valence-corrected chi connectivity index (χ2v) is 5.14. The molecule has 0 fully saturated rings. The van der Waals surface area contributed by atoms with E-state index in [-0.39, 0.29) is 17.5 Å². The number of rotatable bonds is 4. The van der Waals surface area contributed by atoms with Crippen LogP contribution in [-0.2, 0) is 6.54 Å². The van der Waals surface area contributed by atoms with Crippen LogP contribution >= 0.6 is 11.6 Å². The number of carbonyl (C=O) groups excluding carboxylic acids is 1. The Hall–Kier alpha value is -2.07. The maximum Gasteiger partial charge on any atom is 0.253 e. The standard InChI is InChI=1S/C16H16ClFN2O/c1-10-3-6-15(19-2)12(7-10)16(21)20-9-11-4-5-14(18)13(17)8-11/h3-8,19H,9H2,1-2H3,(H,20,21). The minimum atomic E-state index is -0.470. The predicted molar refractivity (Wildman–Crippen MR) is 83.3 cm³/mol. The third-order valence-corrected chi connectivity index (χ3v) is 3.42. The van der Waals surface area contributed by atoms with E-state index in [4.69, 9.17) is 11.6 Å². The molecule has 0 radical (unpaired) electrons. The molecule has 0 atom stereocenters. The second kappa shape index (κ2) is 6.59. The molecule has 0 bridgehead atoms. The van der Waals surface area contributed by atoms with Crippen LogP contribution < -0.4 is 10.6 Å². The lowest BCUT2D eigenvalue weighted by Crippen LogP contribution is -2.23. The summed E-state index contributed by atoms with van der Waals surface area (Å²) in [4.78, 5) is 12.2. The first-order valence-corrected chi connectivity index (χ1v) is 6.89.